The molecule has 0 bridgehead atoms. The zero-order valence-corrected chi connectivity index (χ0v) is 12.9. The standard InChI is InChI=1S/C16H23BrO/c1-12(2)11-13-3-5-14(6-4-13)16(17)15-7-9-18-10-8-15/h3-6,12,15-16H,7-11H2,1-2H3. The molecule has 0 aliphatic carbocycles. The average Bonchev–Trinajstić information content (AvgIpc) is 2.39. The molecule has 2 heteroatoms. The van der Waals surface area contributed by atoms with Gasteiger partial charge in [0.1, 0.15) is 0 Å². The van der Waals surface area contributed by atoms with Gasteiger partial charge in [-0.15, -0.1) is 0 Å². The molecule has 1 aliphatic rings. The van der Waals surface area contributed by atoms with E-state index in [0.29, 0.717) is 4.83 Å². The van der Waals surface area contributed by atoms with Crippen LogP contribution in [-0.2, 0) is 11.2 Å². The number of hydrogen-bond donors (Lipinski definition) is 0. The Morgan fingerprint density at radius 2 is 1.78 bits per heavy atom. The highest BCUT2D eigenvalue weighted by Gasteiger charge is 2.22. The molecule has 1 aliphatic heterocycles. The molecule has 0 N–H and O–H groups in total. The SMILES string of the molecule is CC(C)Cc1ccc(C(Br)C2CCOCC2)cc1. The molecule has 1 fully saturated rings. The predicted molar refractivity (Wildman–Crippen MR) is 80.2 cm³/mol. The van der Waals surface area contributed by atoms with E-state index in [9.17, 15) is 0 Å². The van der Waals surface area contributed by atoms with Gasteiger partial charge in [-0.05, 0) is 42.2 Å². The van der Waals surface area contributed by atoms with Gasteiger partial charge in [0.2, 0.25) is 0 Å². The van der Waals surface area contributed by atoms with Crippen LogP contribution in [0.3, 0.4) is 0 Å². The Morgan fingerprint density at radius 3 is 2.33 bits per heavy atom. The minimum absolute atomic E-state index is 0.481. The van der Waals surface area contributed by atoms with Crippen LogP contribution in [0.2, 0.25) is 0 Å². The van der Waals surface area contributed by atoms with Gasteiger partial charge in [0.05, 0.1) is 0 Å². The fourth-order valence-electron chi connectivity index (χ4n) is 2.59. The molecule has 2 rings (SSSR count). The molecule has 0 amide bonds. The summed E-state index contributed by atoms with van der Waals surface area (Å²) in [5.74, 6) is 1.45. The maximum absolute atomic E-state index is 5.43. The first-order valence-corrected chi connectivity index (χ1v) is 7.89. The first-order valence-electron chi connectivity index (χ1n) is 6.97. The molecule has 1 atom stereocenters. The number of ether oxygens (including phenoxy) is 1. The lowest BCUT2D eigenvalue weighted by molar-refractivity contribution is 0.0662. The number of alkyl halides is 1. The molecule has 100 valence electrons. The predicted octanol–water partition coefficient (Wildman–Crippen LogP) is 4.75. The lowest BCUT2D eigenvalue weighted by Gasteiger charge is -2.27. The average molecular weight is 311 g/mol. The highest BCUT2D eigenvalue weighted by Crippen LogP contribution is 2.36. The fraction of sp³-hybridized carbons (Fsp3) is 0.625. The van der Waals surface area contributed by atoms with Gasteiger partial charge in [0, 0.05) is 18.0 Å². The molecule has 0 radical (unpaired) electrons. The van der Waals surface area contributed by atoms with Crippen molar-refractivity contribution in [2.75, 3.05) is 13.2 Å². The Kier molecular flexibility index (Phi) is 5.25. The minimum Gasteiger partial charge on any atom is -0.381 e. The fourth-order valence-corrected chi connectivity index (χ4v) is 3.42. The highest BCUT2D eigenvalue weighted by atomic mass is 79.9. The topological polar surface area (TPSA) is 9.23 Å². The van der Waals surface area contributed by atoms with Gasteiger partial charge < -0.3 is 4.74 Å². The van der Waals surface area contributed by atoms with Crippen molar-refractivity contribution in [3.8, 4) is 0 Å². The van der Waals surface area contributed by atoms with Crippen molar-refractivity contribution in [2.24, 2.45) is 11.8 Å². The number of hydrogen-bond acceptors (Lipinski definition) is 1. The normalized spacial score (nSPS) is 19.1. The molecule has 1 aromatic rings. The molecular weight excluding hydrogens is 288 g/mol. The van der Waals surface area contributed by atoms with Crippen LogP contribution in [0.15, 0.2) is 24.3 Å². The second kappa shape index (κ2) is 6.72. The summed E-state index contributed by atoms with van der Waals surface area (Å²) in [4.78, 5) is 0.481. The van der Waals surface area contributed by atoms with E-state index >= 15 is 0 Å². The summed E-state index contributed by atoms with van der Waals surface area (Å²) >= 11 is 3.87. The van der Waals surface area contributed by atoms with Crippen LogP contribution in [0.5, 0.6) is 0 Å². The Balaban J connectivity index is 1.99. The van der Waals surface area contributed by atoms with Crippen LogP contribution in [-0.4, -0.2) is 13.2 Å². The van der Waals surface area contributed by atoms with E-state index in [4.69, 9.17) is 4.74 Å². The summed E-state index contributed by atoms with van der Waals surface area (Å²) < 4.78 is 5.43. The maximum Gasteiger partial charge on any atom is 0.0469 e. The van der Waals surface area contributed by atoms with E-state index in [1.165, 1.54) is 30.4 Å². The van der Waals surface area contributed by atoms with Crippen LogP contribution >= 0.6 is 15.9 Å². The van der Waals surface area contributed by atoms with Crippen molar-refractivity contribution in [2.45, 2.75) is 37.9 Å². The minimum atomic E-state index is 0.481. The van der Waals surface area contributed by atoms with Gasteiger partial charge in [0.15, 0.2) is 0 Å². The van der Waals surface area contributed by atoms with Crippen molar-refractivity contribution in [3.05, 3.63) is 35.4 Å². The second-order valence-electron chi connectivity index (χ2n) is 5.69. The van der Waals surface area contributed by atoms with Crippen molar-refractivity contribution >= 4 is 15.9 Å². The molecule has 0 aromatic heterocycles. The Morgan fingerprint density at radius 1 is 1.17 bits per heavy atom. The maximum atomic E-state index is 5.43. The number of rotatable bonds is 4. The van der Waals surface area contributed by atoms with Crippen molar-refractivity contribution in [1.29, 1.82) is 0 Å². The largest absolute Gasteiger partial charge is 0.381 e. The molecule has 1 unspecified atom stereocenters. The highest BCUT2D eigenvalue weighted by molar-refractivity contribution is 9.09. The molecule has 18 heavy (non-hydrogen) atoms. The zero-order valence-electron chi connectivity index (χ0n) is 11.4. The first-order chi connectivity index (χ1) is 8.66. The van der Waals surface area contributed by atoms with Gasteiger partial charge in [0.25, 0.3) is 0 Å². The molecule has 1 saturated heterocycles. The van der Waals surface area contributed by atoms with Crippen LogP contribution < -0.4 is 0 Å². The summed E-state index contributed by atoms with van der Waals surface area (Å²) in [6.45, 7) is 6.36. The van der Waals surface area contributed by atoms with Crippen molar-refractivity contribution < 1.29 is 4.74 Å². The van der Waals surface area contributed by atoms with Crippen molar-refractivity contribution in [3.63, 3.8) is 0 Å². The number of halogens is 1. The van der Waals surface area contributed by atoms with Crippen LogP contribution in [0, 0.1) is 11.8 Å². The second-order valence-corrected chi connectivity index (χ2v) is 6.68. The molecule has 1 heterocycles. The zero-order chi connectivity index (χ0) is 13.0. The van der Waals surface area contributed by atoms with E-state index in [1.807, 2.05) is 0 Å². The van der Waals surface area contributed by atoms with Gasteiger partial charge in [-0.3, -0.25) is 0 Å². The molecule has 0 saturated carbocycles. The third kappa shape index (κ3) is 3.83. The van der Waals surface area contributed by atoms with E-state index in [-0.39, 0.29) is 0 Å². The van der Waals surface area contributed by atoms with Gasteiger partial charge in [-0.1, -0.05) is 54.0 Å². The van der Waals surface area contributed by atoms with Crippen molar-refractivity contribution in [1.82, 2.24) is 0 Å². The quantitative estimate of drug-likeness (QED) is 0.729. The summed E-state index contributed by atoms with van der Waals surface area (Å²) in [5.41, 5.74) is 2.86. The third-order valence-electron chi connectivity index (χ3n) is 3.62. The summed E-state index contributed by atoms with van der Waals surface area (Å²) in [7, 11) is 0. The molecule has 0 spiro atoms. The smallest absolute Gasteiger partial charge is 0.0469 e. The van der Waals surface area contributed by atoms with Crippen LogP contribution in [0.1, 0.15) is 42.6 Å². The van der Waals surface area contributed by atoms with E-state index < -0.39 is 0 Å². The Hall–Kier alpha value is -0.340. The van der Waals surface area contributed by atoms with Gasteiger partial charge in [-0.2, -0.15) is 0 Å². The molecule has 1 nitrogen and oxygen atoms in total. The molecular formula is C16H23BrO. The number of benzene rings is 1. The molecule has 1 aromatic carbocycles. The van der Waals surface area contributed by atoms with E-state index in [1.54, 1.807) is 0 Å². The summed E-state index contributed by atoms with van der Waals surface area (Å²) in [6, 6.07) is 9.13. The third-order valence-corrected chi connectivity index (χ3v) is 4.90. The van der Waals surface area contributed by atoms with Gasteiger partial charge in [-0.25, -0.2) is 0 Å². The van der Waals surface area contributed by atoms with Crippen LogP contribution in [0.4, 0.5) is 0 Å². The first kappa shape index (κ1) is 14.1. The van der Waals surface area contributed by atoms with Gasteiger partial charge >= 0.3 is 0 Å². The lowest BCUT2D eigenvalue weighted by Crippen LogP contribution is -2.19. The summed E-state index contributed by atoms with van der Waals surface area (Å²) in [6.07, 6.45) is 3.51. The Labute approximate surface area is 119 Å². The lowest BCUT2D eigenvalue weighted by atomic mass is 9.91. The monoisotopic (exact) mass is 310 g/mol. The summed E-state index contributed by atoms with van der Waals surface area (Å²) in [5, 5.41) is 0. The van der Waals surface area contributed by atoms with E-state index in [2.05, 4.69) is 54.0 Å². The van der Waals surface area contributed by atoms with Crippen LogP contribution in [0.25, 0.3) is 0 Å². The van der Waals surface area contributed by atoms with E-state index in [0.717, 1.165) is 25.0 Å². The Bertz CT molecular complexity index is 352.